The van der Waals surface area contributed by atoms with Gasteiger partial charge in [-0.2, -0.15) is 0 Å². The summed E-state index contributed by atoms with van der Waals surface area (Å²) in [5, 5.41) is 0. The number of halogens is 1. The highest BCUT2D eigenvalue weighted by atomic mass is 19.1. The Kier molecular flexibility index (Phi) is 5.27. The van der Waals surface area contributed by atoms with Crippen LogP contribution in [0.5, 0.6) is 0 Å². The van der Waals surface area contributed by atoms with Crippen molar-refractivity contribution in [2.24, 2.45) is 5.84 Å². The molecule has 2 nitrogen and oxygen atoms in total. The summed E-state index contributed by atoms with van der Waals surface area (Å²) in [6.45, 7) is 2.17. The minimum Gasteiger partial charge on any atom is -0.271 e. The van der Waals surface area contributed by atoms with Crippen molar-refractivity contribution in [2.75, 3.05) is 0 Å². The van der Waals surface area contributed by atoms with E-state index in [0.29, 0.717) is 0 Å². The first-order valence-electron chi connectivity index (χ1n) is 7.02. The Hall–Kier alpha value is -1.71. The molecule has 1 atom stereocenters. The molecule has 0 aliphatic carbocycles. The molecule has 0 aromatic heterocycles. The van der Waals surface area contributed by atoms with E-state index in [2.05, 4.69) is 36.6 Å². The predicted molar refractivity (Wildman–Crippen MR) is 80.6 cm³/mol. The van der Waals surface area contributed by atoms with Crippen LogP contribution < -0.4 is 11.3 Å². The lowest BCUT2D eigenvalue weighted by Crippen LogP contribution is -2.29. The van der Waals surface area contributed by atoms with E-state index in [9.17, 15) is 4.39 Å². The molecule has 0 spiro atoms. The van der Waals surface area contributed by atoms with Crippen LogP contribution >= 0.6 is 0 Å². The Morgan fingerprint density at radius 1 is 1.00 bits per heavy atom. The van der Waals surface area contributed by atoms with Gasteiger partial charge in [0.1, 0.15) is 5.82 Å². The van der Waals surface area contributed by atoms with Crippen LogP contribution in [0, 0.1) is 5.82 Å². The van der Waals surface area contributed by atoms with Crippen LogP contribution in [-0.2, 0) is 12.8 Å². The number of nitrogens with one attached hydrogen (secondary N) is 1. The molecule has 106 valence electrons. The van der Waals surface area contributed by atoms with Crippen LogP contribution in [0.1, 0.15) is 36.1 Å². The lowest BCUT2D eigenvalue weighted by atomic mass is 9.97. The van der Waals surface area contributed by atoms with Crippen LogP contribution in [0.3, 0.4) is 0 Å². The molecular formula is C17H21FN2. The molecule has 3 heteroatoms. The van der Waals surface area contributed by atoms with Crippen molar-refractivity contribution in [2.45, 2.75) is 32.2 Å². The van der Waals surface area contributed by atoms with E-state index in [1.165, 1.54) is 17.7 Å². The largest absolute Gasteiger partial charge is 0.271 e. The van der Waals surface area contributed by atoms with Gasteiger partial charge in [-0.15, -0.1) is 0 Å². The van der Waals surface area contributed by atoms with Gasteiger partial charge in [-0.25, -0.2) is 4.39 Å². The molecule has 0 aliphatic heterocycles. The number of aryl methyl sites for hydroxylation is 1. The van der Waals surface area contributed by atoms with E-state index in [-0.39, 0.29) is 11.9 Å². The summed E-state index contributed by atoms with van der Waals surface area (Å²) < 4.78 is 12.9. The Labute approximate surface area is 119 Å². The molecule has 3 N–H and O–H groups in total. The molecular weight excluding hydrogens is 251 g/mol. The van der Waals surface area contributed by atoms with E-state index in [1.807, 2.05) is 0 Å². The summed E-state index contributed by atoms with van der Waals surface area (Å²) in [5.74, 6) is 5.44. The summed E-state index contributed by atoms with van der Waals surface area (Å²) in [6, 6.07) is 15.1. The average Bonchev–Trinajstić information content (AvgIpc) is 2.48. The zero-order chi connectivity index (χ0) is 14.4. The van der Waals surface area contributed by atoms with Crippen LogP contribution in [-0.4, -0.2) is 0 Å². The molecule has 1 unspecified atom stereocenters. The molecule has 2 aromatic carbocycles. The average molecular weight is 272 g/mol. The van der Waals surface area contributed by atoms with Crippen molar-refractivity contribution in [1.29, 1.82) is 0 Å². The highest BCUT2D eigenvalue weighted by molar-refractivity contribution is 5.27. The second-order valence-corrected chi connectivity index (χ2v) is 5.04. The van der Waals surface area contributed by atoms with E-state index < -0.39 is 0 Å². The third kappa shape index (κ3) is 3.89. The minimum absolute atomic E-state index is 0.0381. The summed E-state index contributed by atoms with van der Waals surface area (Å²) in [5.41, 5.74) is 6.39. The zero-order valence-electron chi connectivity index (χ0n) is 11.8. The Morgan fingerprint density at radius 3 is 2.15 bits per heavy atom. The number of hydrogen-bond donors (Lipinski definition) is 2. The fourth-order valence-corrected chi connectivity index (χ4v) is 2.33. The van der Waals surface area contributed by atoms with Gasteiger partial charge in [-0.05, 0) is 41.7 Å². The van der Waals surface area contributed by atoms with Gasteiger partial charge in [-0.3, -0.25) is 11.3 Å². The molecule has 0 fully saturated rings. The third-order valence-electron chi connectivity index (χ3n) is 3.48. The van der Waals surface area contributed by atoms with Gasteiger partial charge in [0.25, 0.3) is 0 Å². The molecule has 0 saturated heterocycles. The van der Waals surface area contributed by atoms with Crippen molar-refractivity contribution in [1.82, 2.24) is 5.43 Å². The molecule has 0 amide bonds. The first-order valence-corrected chi connectivity index (χ1v) is 7.02. The first-order chi connectivity index (χ1) is 9.72. The quantitative estimate of drug-likeness (QED) is 0.623. The standard InChI is InChI=1S/C17H21FN2/c1-2-3-13-4-8-15(9-5-13)17(20-19)12-14-6-10-16(18)11-7-14/h4-11,17,20H,2-3,12,19H2,1H3. The maximum absolute atomic E-state index is 12.9. The topological polar surface area (TPSA) is 38.0 Å². The summed E-state index contributed by atoms with van der Waals surface area (Å²) in [4.78, 5) is 0. The number of rotatable bonds is 6. The lowest BCUT2D eigenvalue weighted by molar-refractivity contribution is 0.550. The zero-order valence-corrected chi connectivity index (χ0v) is 11.8. The molecule has 0 saturated carbocycles. The normalized spacial score (nSPS) is 12.3. The van der Waals surface area contributed by atoms with Crippen molar-refractivity contribution in [3.05, 3.63) is 71.0 Å². The van der Waals surface area contributed by atoms with Gasteiger partial charge in [0.05, 0.1) is 0 Å². The number of benzene rings is 2. The number of hydrazine groups is 1. The van der Waals surface area contributed by atoms with Gasteiger partial charge >= 0.3 is 0 Å². The van der Waals surface area contributed by atoms with E-state index in [1.54, 1.807) is 12.1 Å². The van der Waals surface area contributed by atoms with Crippen LogP contribution in [0.15, 0.2) is 48.5 Å². The van der Waals surface area contributed by atoms with Crippen LogP contribution in [0.4, 0.5) is 4.39 Å². The van der Waals surface area contributed by atoms with E-state index in [4.69, 9.17) is 5.84 Å². The smallest absolute Gasteiger partial charge is 0.123 e. The fourth-order valence-electron chi connectivity index (χ4n) is 2.33. The molecule has 0 radical (unpaired) electrons. The van der Waals surface area contributed by atoms with Gasteiger partial charge in [0.2, 0.25) is 0 Å². The van der Waals surface area contributed by atoms with Gasteiger partial charge in [0.15, 0.2) is 0 Å². The highest BCUT2D eigenvalue weighted by Crippen LogP contribution is 2.19. The predicted octanol–water partition coefficient (Wildman–Crippen LogP) is 3.53. The van der Waals surface area contributed by atoms with Gasteiger partial charge < -0.3 is 0 Å². The van der Waals surface area contributed by atoms with Crippen LogP contribution in [0.25, 0.3) is 0 Å². The molecule has 0 heterocycles. The number of hydrogen-bond acceptors (Lipinski definition) is 2. The van der Waals surface area contributed by atoms with Crippen molar-refractivity contribution < 1.29 is 4.39 Å². The maximum Gasteiger partial charge on any atom is 0.123 e. The number of nitrogens with two attached hydrogens (primary N) is 1. The maximum atomic E-state index is 12.9. The molecule has 2 aromatic rings. The van der Waals surface area contributed by atoms with E-state index in [0.717, 1.165) is 30.4 Å². The monoisotopic (exact) mass is 272 g/mol. The molecule has 20 heavy (non-hydrogen) atoms. The first kappa shape index (κ1) is 14.7. The van der Waals surface area contributed by atoms with Crippen molar-refractivity contribution in [3.8, 4) is 0 Å². The second kappa shape index (κ2) is 7.17. The van der Waals surface area contributed by atoms with Crippen molar-refractivity contribution >= 4 is 0 Å². The highest BCUT2D eigenvalue weighted by Gasteiger charge is 2.10. The molecule has 2 rings (SSSR count). The van der Waals surface area contributed by atoms with Gasteiger partial charge in [0, 0.05) is 6.04 Å². The van der Waals surface area contributed by atoms with E-state index >= 15 is 0 Å². The Balaban J connectivity index is 2.09. The Morgan fingerprint density at radius 2 is 1.60 bits per heavy atom. The molecule has 0 aliphatic rings. The SMILES string of the molecule is CCCc1ccc(C(Cc2ccc(F)cc2)NN)cc1. The summed E-state index contributed by atoms with van der Waals surface area (Å²) >= 11 is 0. The Bertz CT molecular complexity index is 520. The summed E-state index contributed by atoms with van der Waals surface area (Å²) in [7, 11) is 0. The van der Waals surface area contributed by atoms with Gasteiger partial charge in [-0.1, -0.05) is 49.7 Å². The fraction of sp³-hybridized carbons (Fsp3) is 0.294. The third-order valence-corrected chi connectivity index (χ3v) is 3.48. The minimum atomic E-state index is -0.213. The lowest BCUT2D eigenvalue weighted by Gasteiger charge is -2.17. The summed E-state index contributed by atoms with van der Waals surface area (Å²) in [6.07, 6.45) is 2.98. The molecule has 0 bridgehead atoms. The van der Waals surface area contributed by atoms with Crippen molar-refractivity contribution in [3.63, 3.8) is 0 Å². The van der Waals surface area contributed by atoms with Crippen LogP contribution in [0.2, 0.25) is 0 Å². The second-order valence-electron chi connectivity index (χ2n) is 5.04.